The van der Waals surface area contributed by atoms with Gasteiger partial charge < -0.3 is 5.11 Å². The molecule has 0 spiro atoms. The predicted octanol–water partition coefficient (Wildman–Crippen LogP) is 0.982. The molecular weight excluding hydrogens is 140 g/mol. The maximum absolute atomic E-state index is 11.1. The molecule has 62 valence electrons. The van der Waals surface area contributed by atoms with Crippen LogP contribution in [0, 0.1) is 17.8 Å². The predicted molar refractivity (Wildman–Crippen MR) is 41.0 cm³/mol. The lowest BCUT2D eigenvalue weighted by Crippen LogP contribution is -2.32. The maximum Gasteiger partial charge on any atom is 0.135 e. The minimum atomic E-state index is -0.314. The smallest absolute Gasteiger partial charge is 0.135 e. The van der Waals surface area contributed by atoms with E-state index in [2.05, 4.69) is 0 Å². The van der Waals surface area contributed by atoms with E-state index in [4.69, 9.17) is 0 Å². The zero-order valence-electron chi connectivity index (χ0n) is 6.79. The number of fused-ring (bicyclic) bond motifs is 2. The topological polar surface area (TPSA) is 37.3 Å². The van der Waals surface area contributed by atoms with Crippen molar-refractivity contribution in [3.05, 3.63) is 0 Å². The summed E-state index contributed by atoms with van der Waals surface area (Å²) in [5, 5.41) is 9.63. The Kier molecular flexibility index (Phi) is 1.53. The molecule has 0 amide bonds. The van der Waals surface area contributed by atoms with Crippen LogP contribution in [0.1, 0.15) is 26.2 Å². The Morgan fingerprint density at radius 2 is 2.00 bits per heavy atom. The first-order valence-corrected chi connectivity index (χ1v) is 4.38. The van der Waals surface area contributed by atoms with Gasteiger partial charge in [0, 0.05) is 5.92 Å². The molecule has 2 aliphatic rings. The van der Waals surface area contributed by atoms with Gasteiger partial charge in [0.25, 0.3) is 0 Å². The average molecular weight is 154 g/mol. The van der Waals surface area contributed by atoms with Crippen molar-refractivity contribution < 1.29 is 9.90 Å². The summed E-state index contributed by atoms with van der Waals surface area (Å²) in [6.07, 6.45) is 3.07. The Hall–Kier alpha value is -0.370. The molecule has 2 fully saturated rings. The van der Waals surface area contributed by atoms with Crippen LogP contribution in [-0.2, 0) is 4.79 Å². The second kappa shape index (κ2) is 2.31. The van der Waals surface area contributed by atoms with E-state index in [-0.39, 0.29) is 17.8 Å². The quantitative estimate of drug-likeness (QED) is 0.611. The van der Waals surface area contributed by atoms with Crippen molar-refractivity contribution in [3.63, 3.8) is 0 Å². The van der Waals surface area contributed by atoms with Crippen LogP contribution in [0.4, 0.5) is 0 Å². The highest BCUT2D eigenvalue weighted by molar-refractivity contribution is 5.79. The van der Waals surface area contributed by atoms with Gasteiger partial charge in [-0.1, -0.05) is 0 Å². The Morgan fingerprint density at radius 3 is 2.36 bits per heavy atom. The number of hydrogen-bond donors (Lipinski definition) is 1. The van der Waals surface area contributed by atoms with Crippen molar-refractivity contribution in [2.75, 3.05) is 0 Å². The summed E-state index contributed by atoms with van der Waals surface area (Å²) >= 11 is 0. The van der Waals surface area contributed by atoms with Crippen LogP contribution in [0.2, 0.25) is 0 Å². The molecule has 0 aromatic heterocycles. The van der Waals surface area contributed by atoms with Crippen LogP contribution in [0.25, 0.3) is 0 Å². The second-order valence-corrected chi connectivity index (χ2v) is 3.96. The standard InChI is InChI=1S/C9H14O2/c1-5(10)8-6-2-3-7(4-6)9(8)11/h6-9,11H,2-4H2,1H3. The summed E-state index contributed by atoms with van der Waals surface area (Å²) in [4.78, 5) is 11.1. The maximum atomic E-state index is 11.1. The van der Waals surface area contributed by atoms with Gasteiger partial charge in [0.2, 0.25) is 0 Å². The first kappa shape index (κ1) is 7.29. The van der Waals surface area contributed by atoms with Gasteiger partial charge in [-0.3, -0.25) is 4.79 Å². The van der Waals surface area contributed by atoms with Gasteiger partial charge in [0.15, 0.2) is 0 Å². The van der Waals surface area contributed by atoms with Crippen LogP contribution in [0.3, 0.4) is 0 Å². The number of carbonyl (C=O) groups is 1. The number of carbonyl (C=O) groups excluding carboxylic acids is 1. The third kappa shape index (κ3) is 0.924. The van der Waals surface area contributed by atoms with Gasteiger partial charge in [0.1, 0.15) is 5.78 Å². The molecule has 0 radical (unpaired) electrons. The largest absolute Gasteiger partial charge is 0.392 e. The first-order chi connectivity index (χ1) is 5.20. The van der Waals surface area contributed by atoms with Crippen molar-refractivity contribution in [2.24, 2.45) is 17.8 Å². The normalized spacial score (nSPS) is 48.2. The lowest BCUT2D eigenvalue weighted by atomic mass is 9.84. The van der Waals surface area contributed by atoms with Crippen molar-refractivity contribution >= 4 is 5.78 Å². The molecule has 2 aliphatic carbocycles. The summed E-state index contributed by atoms with van der Waals surface area (Å²) < 4.78 is 0. The molecular formula is C9H14O2. The fourth-order valence-electron chi connectivity index (χ4n) is 2.83. The molecule has 2 saturated carbocycles. The van der Waals surface area contributed by atoms with Gasteiger partial charge in [-0.15, -0.1) is 0 Å². The Morgan fingerprint density at radius 1 is 1.36 bits per heavy atom. The highest BCUT2D eigenvalue weighted by Gasteiger charge is 2.48. The molecule has 2 nitrogen and oxygen atoms in total. The Balaban J connectivity index is 2.17. The fourth-order valence-corrected chi connectivity index (χ4v) is 2.83. The SMILES string of the molecule is CC(=O)C1C2CCC(C2)C1O. The first-order valence-electron chi connectivity index (χ1n) is 4.38. The molecule has 0 aromatic rings. The van der Waals surface area contributed by atoms with E-state index in [9.17, 15) is 9.90 Å². The monoisotopic (exact) mass is 154 g/mol. The fraction of sp³-hybridized carbons (Fsp3) is 0.889. The molecule has 1 N–H and O–H groups in total. The number of Topliss-reactive ketones (excluding diaryl/α,β-unsaturated/α-hetero) is 1. The molecule has 2 heteroatoms. The molecule has 2 rings (SSSR count). The summed E-state index contributed by atoms with van der Waals surface area (Å²) in [5.41, 5.74) is 0. The van der Waals surface area contributed by atoms with E-state index in [1.54, 1.807) is 6.92 Å². The van der Waals surface area contributed by atoms with E-state index in [1.807, 2.05) is 0 Å². The highest BCUT2D eigenvalue weighted by Crippen LogP contribution is 2.48. The third-order valence-corrected chi connectivity index (χ3v) is 3.34. The van der Waals surface area contributed by atoms with Crippen molar-refractivity contribution in [1.82, 2.24) is 0 Å². The lowest BCUT2D eigenvalue weighted by molar-refractivity contribution is -0.126. The highest BCUT2D eigenvalue weighted by atomic mass is 16.3. The van der Waals surface area contributed by atoms with E-state index in [0.29, 0.717) is 11.8 Å². The number of hydrogen-bond acceptors (Lipinski definition) is 2. The van der Waals surface area contributed by atoms with E-state index in [1.165, 1.54) is 0 Å². The lowest BCUT2D eigenvalue weighted by Gasteiger charge is -2.24. The molecule has 0 saturated heterocycles. The van der Waals surface area contributed by atoms with Gasteiger partial charge in [0.05, 0.1) is 6.10 Å². The van der Waals surface area contributed by atoms with Crippen LogP contribution < -0.4 is 0 Å². The zero-order chi connectivity index (χ0) is 8.01. The number of ketones is 1. The number of aliphatic hydroxyl groups is 1. The van der Waals surface area contributed by atoms with Gasteiger partial charge in [-0.25, -0.2) is 0 Å². The van der Waals surface area contributed by atoms with E-state index >= 15 is 0 Å². The number of aliphatic hydroxyl groups excluding tert-OH is 1. The van der Waals surface area contributed by atoms with Crippen molar-refractivity contribution in [3.8, 4) is 0 Å². The van der Waals surface area contributed by atoms with Gasteiger partial charge >= 0.3 is 0 Å². The number of rotatable bonds is 1. The van der Waals surface area contributed by atoms with Gasteiger partial charge in [-0.05, 0) is 38.0 Å². The van der Waals surface area contributed by atoms with Crippen LogP contribution in [0.15, 0.2) is 0 Å². The molecule has 2 bridgehead atoms. The van der Waals surface area contributed by atoms with Crippen molar-refractivity contribution in [2.45, 2.75) is 32.3 Å². The van der Waals surface area contributed by atoms with Crippen molar-refractivity contribution in [1.29, 1.82) is 0 Å². The average Bonchev–Trinajstić information content (AvgIpc) is 2.44. The molecule has 0 heterocycles. The second-order valence-electron chi connectivity index (χ2n) is 3.96. The molecule has 4 unspecified atom stereocenters. The molecule has 0 aliphatic heterocycles. The van der Waals surface area contributed by atoms with Crippen LogP contribution in [-0.4, -0.2) is 17.0 Å². The summed E-state index contributed by atoms with van der Waals surface area (Å²) in [6, 6.07) is 0. The summed E-state index contributed by atoms with van der Waals surface area (Å²) in [5.74, 6) is 1.11. The molecule has 11 heavy (non-hydrogen) atoms. The van der Waals surface area contributed by atoms with E-state index in [0.717, 1.165) is 19.3 Å². The minimum Gasteiger partial charge on any atom is -0.392 e. The third-order valence-electron chi connectivity index (χ3n) is 3.34. The van der Waals surface area contributed by atoms with Gasteiger partial charge in [-0.2, -0.15) is 0 Å². The summed E-state index contributed by atoms with van der Waals surface area (Å²) in [7, 11) is 0. The van der Waals surface area contributed by atoms with Crippen LogP contribution >= 0.6 is 0 Å². The molecule has 4 atom stereocenters. The van der Waals surface area contributed by atoms with E-state index < -0.39 is 0 Å². The Labute approximate surface area is 66.6 Å². The van der Waals surface area contributed by atoms with Crippen LogP contribution in [0.5, 0.6) is 0 Å². The Bertz CT molecular complexity index is 186. The molecule has 0 aromatic carbocycles. The minimum absolute atomic E-state index is 0.0197. The summed E-state index contributed by atoms with van der Waals surface area (Å²) in [6.45, 7) is 1.61. The zero-order valence-corrected chi connectivity index (χ0v) is 6.79.